The van der Waals surface area contributed by atoms with Gasteiger partial charge in [-0.05, 0) is 28.1 Å². The fraction of sp³-hybridized carbons (Fsp3) is 0.222. The molecule has 1 aromatic rings. The summed E-state index contributed by atoms with van der Waals surface area (Å²) >= 11 is 3.09. The average molecular weight is 308 g/mol. The molecule has 0 aliphatic carbocycles. The van der Waals surface area contributed by atoms with Gasteiger partial charge in [-0.2, -0.15) is 0 Å². The van der Waals surface area contributed by atoms with Crippen molar-refractivity contribution in [3.63, 3.8) is 0 Å². The van der Waals surface area contributed by atoms with Gasteiger partial charge in [0.2, 0.25) is 0 Å². The first-order chi connectivity index (χ1) is 7.34. The molecule has 5 nitrogen and oxygen atoms in total. The fourth-order valence-corrected chi connectivity index (χ4v) is 3.57. The molecule has 0 heterocycles. The van der Waals surface area contributed by atoms with Crippen LogP contribution in [0.4, 0.5) is 0 Å². The molecule has 0 aromatic heterocycles. The van der Waals surface area contributed by atoms with Crippen LogP contribution < -0.4 is 5.73 Å². The maximum Gasteiger partial charge on any atom is 0.321 e. The van der Waals surface area contributed by atoms with E-state index >= 15 is 0 Å². The van der Waals surface area contributed by atoms with E-state index in [0.717, 1.165) is 0 Å². The van der Waals surface area contributed by atoms with Gasteiger partial charge in [0.1, 0.15) is 6.04 Å². The molecule has 0 amide bonds. The van der Waals surface area contributed by atoms with E-state index in [1.807, 2.05) is 0 Å². The Labute approximate surface area is 101 Å². The van der Waals surface area contributed by atoms with Crippen LogP contribution in [-0.4, -0.2) is 31.3 Å². The predicted molar refractivity (Wildman–Crippen MR) is 61.8 cm³/mol. The number of benzene rings is 1. The van der Waals surface area contributed by atoms with Crippen molar-refractivity contribution in [2.45, 2.75) is 10.9 Å². The second kappa shape index (κ2) is 4.94. The number of nitrogens with two attached hydrogens (primary N) is 1. The van der Waals surface area contributed by atoms with E-state index in [2.05, 4.69) is 15.9 Å². The Balaban J connectivity index is 3.04. The van der Waals surface area contributed by atoms with Gasteiger partial charge in [-0.25, -0.2) is 8.42 Å². The first kappa shape index (κ1) is 13.1. The first-order valence-electron chi connectivity index (χ1n) is 4.30. The molecule has 16 heavy (non-hydrogen) atoms. The molecule has 0 saturated carbocycles. The molecule has 88 valence electrons. The third-order valence-corrected chi connectivity index (χ3v) is 4.67. The summed E-state index contributed by atoms with van der Waals surface area (Å²) in [4.78, 5) is 10.5. The summed E-state index contributed by atoms with van der Waals surface area (Å²) in [5.74, 6) is -1.96. The third-order valence-electron chi connectivity index (χ3n) is 1.89. The van der Waals surface area contributed by atoms with Crippen LogP contribution in [0.15, 0.2) is 33.6 Å². The van der Waals surface area contributed by atoms with Gasteiger partial charge in [0.15, 0.2) is 9.84 Å². The minimum atomic E-state index is -3.69. The molecule has 0 aliphatic rings. The van der Waals surface area contributed by atoms with Gasteiger partial charge >= 0.3 is 5.97 Å². The summed E-state index contributed by atoms with van der Waals surface area (Å²) in [6.07, 6.45) is 0. The maximum atomic E-state index is 11.8. The van der Waals surface area contributed by atoms with Crippen molar-refractivity contribution in [3.05, 3.63) is 28.7 Å². The van der Waals surface area contributed by atoms with Crippen LogP contribution >= 0.6 is 15.9 Å². The SMILES string of the molecule is NC(CS(=O)(=O)c1ccccc1Br)C(=O)O. The van der Waals surface area contributed by atoms with Gasteiger partial charge in [0.25, 0.3) is 0 Å². The zero-order chi connectivity index (χ0) is 12.3. The first-order valence-corrected chi connectivity index (χ1v) is 6.75. The number of halogens is 1. The van der Waals surface area contributed by atoms with Gasteiger partial charge in [-0.3, -0.25) is 4.79 Å². The Bertz CT molecular complexity index is 500. The van der Waals surface area contributed by atoms with Crippen LogP contribution in [0.3, 0.4) is 0 Å². The molecule has 0 fully saturated rings. The molecule has 7 heteroatoms. The number of sulfone groups is 1. The minimum absolute atomic E-state index is 0.0479. The monoisotopic (exact) mass is 307 g/mol. The van der Waals surface area contributed by atoms with Crippen molar-refractivity contribution in [2.24, 2.45) is 5.73 Å². The number of carboxylic acids is 1. The fourth-order valence-electron chi connectivity index (χ4n) is 1.09. The lowest BCUT2D eigenvalue weighted by atomic mass is 10.4. The quantitative estimate of drug-likeness (QED) is 0.850. The van der Waals surface area contributed by atoms with Gasteiger partial charge in [0, 0.05) is 4.47 Å². The van der Waals surface area contributed by atoms with Crippen LogP contribution in [0.2, 0.25) is 0 Å². The third kappa shape index (κ3) is 3.03. The second-order valence-corrected chi connectivity index (χ2v) is 6.01. The highest BCUT2D eigenvalue weighted by Crippen LogP contribution is 2.22. The second-order valence-electron chi connectivity index (χ2n) is 3.16. The summed E-state index contributed by atoms with van der Waals surface area (Å²) in [5, 5.41) is 8.56. The van der Waals surface area contributed by atoms with Crippen molar-refractivity contribution >= 4 is 31.7 Å². The lowest BCUT2D eigenvalue weighted by Gasteiger charge is -2.09. The number of hydrogen-bond acceptors (Lipinski definition) is 4. The lowest BCUT2D eigenvalue weighted by molar-refractivity contribution is -0.137. The summed E-state index contributed by atoms with van der Waals surface area (Å²) in [6.45, 7) is 0. The van der Waals surface area contributed by atoms with Crippen LogP contribution in [0, 0.1) is 0 Å². The van der Waals surface area contributed by atoms with E-state index in [1.165, 1.54) is 6.07 Å². The van der Waals surface area contributed by atoms with Crippen molar-refractivity contribution in [2.75, 3.05) is 5.75 Å². The smallest absolute Gasteiger partial charge is 0.321 e. The van der Waals surface area contributed by atoms with E-state index in [4.69, 9.17) is 10.8 Å². The van der Waals surface area contributed by atoms with Crippen molar-refractivity contribution < 1.29 is 18.3 Å². The highest BCUT2D eigenvalue weighted by molar-refractivity contribution is 9.10. The predicted octanol–water partition coefficient (Wildman–Crippen LogP) is 0.635. The molecular formula is C9H10BrNO4S. The van der Waals surface area contributed by atoms with Crippen LogP contribution in [0.25, 0.3) is 0 Å². The molecule has 1 rings (SSSR count). The summed E-state index contributed by atoms with van der Waals surface area (Å²) < 4.78 is 24.0. The number of carbonyl (C=O) groups is 1. The lowest BCUT2D eigenvalue weighted by Crippen LogP contribution is -2.37. The molecule has 3 N–H and O–H groups in total. The van der Waals surface area contributed by atoms with Crippen molar-refractivity contribution in [1.29, 1.82) is 0 Å². The molecule has 0 bridgehead atoms. The Kier molecular flexibility index (Phi) is 4.06. The van der Waals surface area contributed by atoms with E-state index in [9.17, 15) is 13.2 Å². The van der Waals surface area contributed by atoms with Gasteiger partial charge < -0.3 is 10.8 Å². The standard InChI is InChI=1S/C9H10BrNO4S/c10-6-3-1-2-4-8(6)16(14,15)5-7(11)9(12)13/h1-4,7H,5,11H2,(H,12,13). The Morgan fingerprint density at radius 2 is 2.00 bits per heavy atom. The van der Waals surface area contributed by atoms with Gasteiger partial charge in [-0.15, -0.1) is 0 Å². The largest absolute Gasteiger partial charge is 0.480 e. The maximum absolute atomic E-state index is 11.8. The number of hydrogen-bond donors (Lipinski definition) is 2. The Morgan fingerprint density at radius 3 is 2.50 bits per heavy atom. The van der Waals surface area contributed by atoms with E-state index in [0.29, 0.717) is 4.47 Å². The molecule has 1 atom stereocenters. The molecule has 1 aromatic carbocycles. The molecular weight excluding hydrogens is 298 g/mol. The highest BCUT2D eigenvalue weighted by atomic mass is 79.9. The van der Waals surface area contributed by atoms with Crippen LogP contribution in [-0.2, 0) is 14.6 Å². The Hall–Kier alpha value is -0.920. The number of carboxylic acid groups (broad SMARTS) is 1. The molecule has 0 spiro atoms. The number of aliphatic carboxylic acids is 1. The van der Waals surface area contributed by atoms with Gasteiger partial charge in [-0.1, -0.05) is 12.1 Å². The number of rotatable bonds is 4. The van der Waals surface area contributed by atoms with Crippen molar-refractivity contribution in [1.82, 2.24) is 0 Å². The topological polar surface area (TPSA) is 97.5 Å². The van der Waals surface area contributed by atoms with Crippen LogP contribution in [0.1, 0.15) is 0 Å². The van der Waals surface area contributed by atoms with Crippen LogP contribution in [0.5, 0.6) is 0 Å². The van der Waals surface area contributed by atoms with Gasteiger partial charge in [0.05, 0.1) is 10.6 Å². The highest BCUT2D eigenvalue weighted by Gasteiger charge is 2.24. The minimum Gasteiger partial charge on any atom is -0.480 e. The molecule has 0 saturated heterocycles. The van der Waals surface area contributed by atoms with E-state index in [-0.39, 0.29) is 4.90 Å². The Morgan fingerprint density at radius 1 is 1.44 bits per heavy atom. The normalized spacial score (nSPS) is 13.4. The zero-order valence-electron chi connectivity index (χ0n) is 8.13. The summed E-state index contributed by atoms with van der Waals surface area (Å²) in [5.41, 5.74) is 5.20. The molecule has 1 unspecified atom stereocenters. The van der Waals surface area contributed by atoms with E-state index < -0.39 is 27.6 Å². The van der Waals surface area contributed by atoms with Crippen molar-refractivity contribution in [3.8, 4) is 0 Å². The molecule has 0 aliphatic heterocycles. The zero-order valence-corrected chi connectivity index (χ0v) is 10.5. The summed E-state index contributed by atoms with van der Waals surface area (Å²) in [7, 11) is -3.69. The molecule has 0 radical (unpaired) electrons. The summed E-state index contributed by atoms with van der Waals surface area (Å²) in [6, 6.07) is 4.77. The van der Waals surface area contributed by atoms with E-state index in [1.54, 1.807) is 18.2 Å². The average Bonchev–Trinajstić information content (AvgIpc) is 2.17.